The number of likely N-dealkylation sites (tertiary alicyclic amines) is 1. The topological polar surface area (TPSA) is 54.2 Å². The highest BCUT2D eigenvalue weighted by molar-refractivity contribution is 9.10. The Kier molecular flexibility index (Phi) is 3.79. The highest BCUT2D eigenvalue weighted by atomic mass is 79.9. The van der Waals surface area contributed by atoms with E-state index in [0.29, 0.717) is 6.04 Å². The molecule has 0 amide bonds. The predicted molar refractivity (Wildman–Crippen MR) is 75.7 cm³/mol. The molecule has 0 radical (unpaired) electrons. The third kappa shape index (κ3) is 3.33. The summed E-state index contributed by atoms with van der Waals surface area (Å²) >= 11 is 3.33. The van der Waals surface area contributed by atoms with Crippen molar-refractivity contribution in [3.8, 4) is 0 Å². The van der Waals surface area contributed by atoms with Gasteiger partial charge < -0.3 is 9.73 Å². The molecule has 0 saturated carbocycles. The van der Waals surface area contributed by atoms with E-state index in [0.717, 1.165) is 42.3 Å². The molecule has 1 N–H and O–H groups in total. The average molecular weight is 323 g/mol. The van der Waals surface area contributed by atoms with Gasteiger partial charge in [0, 0.05) is 25.3 Å². The summed E-state index contributed by atoms with van der Waals surface area (Å²) in [6.45, 7) is 2.93. The van der Waals surface area contributed by atoms with Crippen LogP contribution in [0.3, 0.4) is 0 Å². The molecule has 1 aliphatic rings. The third-order valence-electron chi connectivity index (χ3n) is 3.21. The molecule has 1 fully saturated rings. The predicted octanol–water partition coefficient (Wildman–Crippen LogP) is 2.52. The van der Waals surface area contributed by atoms with Crippen LogP contribution in [-0.2, 0) is 6.54 Å². The van der Waals surface area contributed by atoms with Gasteiger partial charge in [0.05, 0.1) is 6.54 Å². The molecule has 2 aromatic rings. The lowest BCUT2D eigenvalue weighted by Crippen LogP contribution is -2.26. The van der Waals surface area contributed by atoms with Gasteiger partial charge in [-0.1, -0.05) is 0 Å². The molecule has 5 nitrogen and oxygen atoms in total. The maximum Gasteiger partial charge on any atom is 0.169 e. The minimum absolute atomic E-state index is 0.438. The van der Waals surface area contributed by atoms with Gasteiger partial charge in [-0.15, -0.1) is 0 Å². The summed E-state index contributed by atoms with van der Waals surface area (Å²) in [5.41, 5.74) is 0. The van der Waals surface area contributed by atoms with Crippen molar-refractivity contribution in [3.05, 3.63) is 41.2 Å². The highest BCUT2D eigenvalue weighted by Crippen LogP contribution is 2.19. The zero-order valence-corrected chi connectivity index (χ0v) is 12.0. The van der Waals surface area contributed by atoms with E-state index < -0.39 is 0 Å². The van der Waals surface area contributed by atoms with Crippen molar-refractivity contribution in [1.29, 1.82) is 0 Å². The van der Waals surface area contributed by atoms with Gasteiger partial charge in [0.25, 0.3) is 0 Å². The lowest BCUT2D eigenvalue weighted by molar-refractivity contribution is 0.293. The van der Waals surface area contributed by atoms with E-state index in [2.05, 4.69) is 36.1 Å². The molecule has 0 bridgehead atoms. The number of hydrogen-bond donors (Lipinski definition) is 1. The van der Waals surface area contributed by atoms with Crippen LogP contribution in [0.2, 0.25) is 0 Å². The van der Waals surface area contributed by atoms with Crippen molar-refractivity contribution in [2.24, 2.45) is 0 Å². The maximum atomic E-state index is 5.53. The van der Waals surface area contributed by atoms with Gasteiger partial charge in [-0.05, 0) is 40.5 Å². The molecule has 1 aliphatic heterocycles. The first kappa shape index (κ1) is 12.6. The van der Waals surface area contributed by atoms with Crippen LogP contribution in [0.15, 0.2) is 39.8 Å². The normalized spacial score (nSPS) is 19.7. The highest BCUT2D eigenvalue weighted by Gasteiger charge is 2.23. The fourth-order valence-corrected chi connectivity index (χ4v) is 2.68. The molecule has 3 rings (SSSR count). The van der Waals surface area contributed by atoms with Crippen LogP contribution in [0.5, 0.6) is 0 Å². The Morgan fingerprint density at radius 2 is 2.37 bits per heavy atom. The number of furan rings is 1. The van der Waals surface area contributed by atoms with E-state index in [1.54, 1.807) is 12.5 Å². The molecule has 0 aromatic carbocycles. The Labute approximate surface area is 120 Å². The van der Waals surface area contributed by atoms with Crippen molar-refractivity contribution in [2.45, 2.75) is 19.0 Å². The third-order valence-corrected chi connectivity index (χ3v) is 3.64. The molecular formula is C13H15BrN4O. The second-order valence-electron chi connectivity index (χ2n) is 4.67. The van der Waals surface area contributed by atoms with Crippen LogP contribution in [0.25, 0.3) is 0 Å². The minimum atomic E-state index is 0.438. The van der Waals surface area contributed by atoms with Gasteiger partial charge in [0.2, 0.25) is 0 Å². The summed E-state index contributed by atoms with van der Waals surface area (Å²) in [7, 11) is 0. The SMILES string of the molecule is Brc1ccc(CN2CCC(Nc3ccncn3)C2)o1. The summed E-state index contributed by atoms with van der Waals surface area (Å²) in [4.78, 5) is 10.5. The molecule has 2 aromatic heterocycles. The molecule has 3 heterocycles. The fourth-order valence-electron chi connectivity index (χ4n) is 2.34. The molecule has 100 valence electrons. The molecule has 1 saturated heterocycles. The molecule has 0 aliphatic carbocycles. The first-order chi connectivity index (χ1) is 9.29. The quantitative estimate of drug-likeness (QED) is 0.937. The number of nitrogens with zero attached hydrogens (tertiary/aromatic N) is 3. The van der Waals surface area contributed by atoms with Crippen LogP contribution in [-0.4, -0.2) is 34.0 Å². The largest absolute Gasteiger partial charge is 0.453 e. The standard InChI is InChI=1S/C13H15BrN4O/c14-12-2-1-11(19-12)8-18-6-4-10(7-18)17-13-3-5-15-9-16-13/h1-3,5,9-10H,4,6-8H2,(H,15,16,17). The Balaban J connectivity index is 1.53. The smallest absolute Gasteiger partial charge is 0.169 e. The van der Waals surface area contributed by atoms with Gasteiger partial charge in [0.15, 0.2) is 4.67 Å². The van der Waals surface area contributed by atoms with Crippen LogP contribution in [0.4, 0.5) is 5.82 Å². The molecule has 19 heavy (non-hydrogen) atoms. The van der Waals surface area contributed by atoms with Gasteiger partial charge in [-0.2, -0.15) is 0 Å². The number of nitrogens with one attached hydrogen (secondary N) is 1. The van der Waals surface area contributed by atoms with Crippen molar-refractivity contribution < 1.29 is 4.42 Å². The van der Waals surface area contributed by atoms with Crippen LogP contribution in [0.1, 0.15) is 12.2 Å². The maximum absolute atomic E-state index is 5.53. The van der Waals surface area contributed by atoms with Gasteiger partial charge in [-0.3, -0.25) is 4.90 Å². The monoisotopic (exact) mass is 322 g/mol. The Bertz CT molecular complexity index is 530. The van der Waals surface area contributed by atoms with Gasteiger partial charge in [0.1, 0.15) is 17.9 Å². The van der Waals surface area contributed by atoms with Gasteiger partial charge in [-0.25, -0.2) is 9.97 Å². The second kappa shape index (κ2) is 5.71. The minimum Gasteiger partial charge on any atom is -0.453 e. The number of rotatable bonds is 4. The van der Waals surface area contributed by atoms with E-state index in [9.17, 15) is 0 Å². The van der Waals surface area contributed by atoms with E-state index >= 15 is 0 Å². The molecule has 0 spiro atoms. The average Bonchev–Trinajstić information content (AvgIpc) is 3.01. The lowest BCUT2D eigenvalue weighted by Gasteiger charge is -2.15. The van der Waals surface area contributed by atoms with E-state index in [1.165, 1.54) is 0 Å². The number of aromatic nitrogens is 2. The van der Waals surface area contributed by atoms with Crippen molar-refractivity contribution in [1.82, 2.24) is 14.9 Å². The summed E-state index contributed by atoms with van der Waals surface area (Å²) in [5.74, 6) is 1.89. The zero-order valence-electron chi connectivity index (χ0n) is 10.4. The molecule has 1 unspecified atom stereocenters. The van der Waals surface area contributed by atoms with E-state index in [1.807, 2.05) is 18.2 Å². The summed E-state index contributed by atoms with van der Waals surface area (Å²) in [6.07, 6.45) is 4.43. The molecular weight excluding hydrogens is 308 g/mol. The first-order valence-corrected chi connectivity index (χ1v) is 7.08. The van der Waals surface area contributed by atoms with E-state index in [-0.39, 0.29) is 0 Å². The summed E-state index contributed by atoms with van der Waals surface area (Å²) in [6, 6.07) is 6.28. The number of anilines is 1. The van der Waals surface area contributed by atoms with Crippen LogP contribution >= 0.6 is 15.9 Å². The second-order valence-corrected chi connectivity index (χ2v) is 5.45. The number of halogens is 1. The van der Waals surface area contributed by atoms with Crippen LogP contribution in [0, 0.1) is 0 Å². The van der Waals surface area contributed by atoms with Gasteiger partial charge >= 0.3 is 0 Å². The van der Waals surface area contributed by atoms with Crippen molar-refractivity contribution in [2.75, 3.05) is 18.4 Å². The lowest BCUT2D eigenvalue weighted by atomic mass is 10.2. The molecule has 1 atom stereocenters. The summed E-state index contributed by atoms with van der Waals surface area (Å²) in [5, 5.41) is 3.43. The van der Waals surface area contributed by atoms with Crippen molar-refractivity contribution >= 4 is 21.7 Å². The zero-order chi connectivity index (χ0) is 13.1. The van der Waals surface area contributed by atoms with E-state index in [4.69, 9.17) is 4.42 Å². The Hall–Kier alpha value is -1.40. The molecule has 6 heteroatoms. The summed E-state index contributed by atoms with van der Waals surface area (Å²) < 4.78 is 6.32. The Morgan fingerprint density at radius 3 is 3.11 bits per heavy atom. The van der Waals surface area contributed by atoms with Crippen molar-refractivity contribution in [3.63, 3.8) is 0 Å². The number of hydrogen-bond acceptors (Lipinski definition) is 5. The van der Waals surface area contributed by atoms with Crippen LogP contribution < -0.4 is 5.32 Å². The fraction of sp³-hybridized carbons (Fsp3) is 0.385. The first-order valence-electron chi connectivity index (χ1n) is 6.29. The Morgan fingerprint density at radius 1 is 1.42 bits per heavy atom.